The predicted molar refractivity (Wildman–Crippen MR) is 77.8 cm³/mol. The minimum atomic E-state index is -0.927. The number of carbonyl (C=O) groups is 2. The van der Waals surface area contributed by atoms with E-state index in [1.807, 2.05) is 25.1 Å². The van der Waals surface area contributed by atoms with Crippen LogP contribution in [0.5, 0.6) is 0 Å². The van der Waals surface area contributed by atoms with Crippen molar-refractivity contribution in [1.29, 1.82) is 0 Å². The zero-order chi connectivity index (χ0) is 15.3. The third kappa shape index (κ3) is 4.42. The Morgan fingerprint density at radius 3 is 2.50 bits per heavy atom. The van der Waals surface area contributed by atoms with Crippen LogP contribution >= 0.6 is 11.6 Å². The summed E-state index contributed by atoms with van der Waals surface area (Å²) in [6, 6.07) is 6.69. The highest BCUT2D eigenvalue weighted by Crippen LogP contribution is 2.22. The molecular formula is C14H19ClN2O3. The normalized spacial score (nSPS) is 13.4. The number of benzene rings is 1. The summed E-state index contributed by atoms with van der Waals surface area (Å²) in [5.74, 6) is -1.54. The van der Waals surface area contributed by atoms with Crippen molar-refractivity contribution in [2.75, 3.05) is 13.6 Å². The molecule has 0 aliphatic heterocycles. The second kappa shape index (κ2) is 7.14. The topological polar surface area (TPSA) is 69.6 Å². The van der Waals surface area contributed by atoms with Crippen LogP contribution in [-0.2, 0) is 4.79 Å². The highest BCUT2D eigenvalue weighted by molar-refractivity contribution is 6.31. The van der Waals surface area contributed by atoms with E-state index in [0.29, 0.717) is 5.02 Å². The van der Waals surface area contributed by atoms with Gasteiger partial charge in [-0.1, -0.05) is 36.7 Å². The molecule has 2 atom stereocenters. The van der Waals surface area contributed by atoms with E-state index in [9.17, 15) is 9.59 Å². The first kappa shape index (κ1) is 16.3. The average Bonchev–Trinajstić information content (AvgIpc) is 2.38. The van der Waals surface area contributed by atoms with Crippen molar-refractivity contribution in [2.24, 2.45) is 5.92 Å². The van der Waals surface area contributed by atoms with E-state index >= 15 is 0 Å². The maximum atomic E-state index is 12.0. The highest BCUT2D eigenvalue weighted by Gasteiger charge is 2.19. The molecule has 2 unspecified atom stereocenters. The fourth-order valence-corrected chi connectivity index (χ4v) is 2.07. The maximum absolute atomic E-state index is 12.0. The van der Waals surface area contributed by atoms with Gasteiger partial charge < -0.3 is 15.3 Å². The maximum Gasteiger partial charge on any atom is 0.317 e. The fraction of sp³-hybridized carbons (Fsp3) is 0.429. The smallest absolute Gasteiger partial charge is 0.317 e. The molecular weight excluding hydrogens is 280 g/mol. The van der Waals surface area contributed by atoms with E-state index in [1.54, 1.807) is 20.0 Å². The van der Waals surface area contributed by atoms with Crippen molar-refractivity contribution in [2.45, 2.75) is 19.9 Å². The van der Waals surface area contributed by atoms with Crippen molar-refractivity contribution < 1.29 is 14.7 Å². The van der Waals surface area contributed by atoms with Gasteiger partial charge in [-0.15, -0.1) is 0 Å². The molecule has 0 bridgehead atoms. The van der Waals surface area contributed by atoms with E-state index in [1.165, 1.54) is 4.90 Å². The Labute approximate surface area is 123 Å². The van der Waals surface area contributed by atoms with Crippen LogP contribution in [0.15, 0.2) is 24.3 Å². The predicted octanol–water partition coefficient (Wildman–Crippen LogP) is 2.76. The summed E-state index contributed by atoms with van der Waals surface area (Å²) >= 11 is 6.07. The van der Waals surface area contributed by atoms with Crippen LogP contribution in [0.25, 0.3) is 0 Å². The molecule has 0 aromatic heterocycles. The van der Waals surface area contributed by atoms with Crippen LogP contribution in [0.1, 0.15) is 25.5 Å². The molecule has 0 aliphatic rings. The van der Waals surface area contributed by atoms with E-state index in [-0.39, 0.29) is 18.6 Å². The summed E-state index contributed by atoms with van der Waals surface area (Å²) in [5, 5.41) is 12.2. The SMILES string of the molecule is CC(CN(C)C(=O)NC(C)c1ccccc1Cl)C(=O)O. The molecule has 6 heteroatoms. The average molecular weight is 299 g/mol. The molecule has 1 rings (SSSR count). The van der Waals surface area contributed by atoms with Crippen molar-refractivity contribution in [3.8, 4) is 0 Å². The summed E-state index contributed by atoms with van der Waals surface area (Å²) in [4.78, 5) is 24.1. The molecule has 1 aromatic carbocycles. The Morgan fingerprint density at radius 2 is 1.95 bits per heavy atom. The zero-order valence-electron chi connectivity index (χ0n) is 11.8. The van der Waals surface area contributed by atoms with Gasteiger partial charge in [0, 0.05) is 18.6 Å². The minimum Gasteiger partial charge on any atom is -0.481 e. The standard InChI is InChI=1S/C14H19ClN2O3/c1-9(13(18)19)8-17(3)14(20)16-10(2)11-6-4-5-7-12(11)15/h4-7,9-10H,8H2,1-3H3,(H,16,20)(H,18,19). The number of hydrogen-bond donors (Lipinski definition) is 2. The molecule has 20 heavy (non-hydrogen) atoms. The first-order chi connectivity index (χ1) is 9.32. The van der Waals surface area contributed by atoms with Gasteiger partial charge in [-0.25, -0.2) is 4.79 Å². The van der Waals surface area contributed by atoms with Gasteiger partial charge in [0.25, 0.3) is 0 Å². The van der Waals surface area contributed by atoms with Crippen LogP contribution in [-0.4, -0.2) is 35.6 Å². The molecule has 2 amide bonds. The molecule has 110 valence electrons. The Kier molecular flexibility index (Phi) is 5.82. The van der Waals surface area contributed by atoms with Crippen molar-refractivity contribution in [3.63, 3.8) is 0 Å². The van der Waals surface area contributed by atoms with Crippen molar-refractivity contribution >= 4 is 23.6 Å². The largest absolute Gasteiger partial charge is 0.481 e. The summed E-state index contributed by atoms with van der Waals surface area (Å²) in [6.07, 6.45) is 0. The highest BCUT2D eigenvalue weighted by atomic mass is 35.5. The zero-order valence-corrected chi connectivity index (χ0v) is 12.5. The molecule has 1 aromatic rings. The molecule has 0 radical (unpaired) electrons. The van der Waals surface area contributed by atoms with Gasteiger partial charge in [0.05, 0.1) is 12.0 Å². The molecule has 0 saturated heterocycles. The van der Waals surface area contributed by atoms with Gasteiger partial charge in [-0.05, 0) is 18.6 Å². The summed E-state index contributed by atoms with van der Waals surface area (Å²) < 4.78 is 0. The van der Waals surface area contributed by atoms with Crippen LogP contribution in [0.2, 0.25) is 5.02 Å². The quantitative estimate of drug-likeness (QED) is 0.878. The molecule has 0 fully saturated rings. The monoisotopic (exact) mass is 298 g/mol. The van der Waals surface area contributed by atoms with Gasteiger partial charge in [0.1, 0.15) is 0 Å². The Bertz CT molecular complexity index is 493. The lowest BCUT2D eigenvalue weighted by Crippen LogP contribution is -2.41. The third-order valence-corrected chi connectivity index (χ3v) is 3.37. The number of carboxylic acids is 1. The molecule has 0 aliphatic carbocycles. The number of rotatable bonds is 5. The second-order valence-corrected chi connectivity index (χ2v) is 5.22. The first-order valence-electron chi connectivity index (χ1n) is 6.31. The Balaban J connectivity index is 2.62. The van der Waals surface area contributed by atoms with Crippen molar-refractivity contribution in [1.82, 2.24) is 10.2 Å². The van der Waals surface area contributed by atoms with Gasteiger partial charge >= 0.3 is 12.0 Å². The summed E-state index contributed by atoms with van der Waals surface area (Å²) in [6.45, 7) is 3.54. The van der Waals surface area contributed by atoms with E-state index in [2.05, 4.69) is 5.32 Å². The third-order valence-electron chi connectivity index (χ3n) is 3.03. The number of amides is 2. The Morgan fingerprint density at radius 1 is 1.35 bits per heavy atom. The number of carboxylic acid groups (broad SMARTS) is 1. The summed E-state index contributed by atoms with van der Waals surface area (Å²) in [5.41, 5.74) is 0.821. The second-order valence-electron chi connectivity index (χ2n) is 4.81. The lowest BCUT2D eigenvalue weighted by Gasteiger charge is -2.23. The number of nitrogens with zero attached hydrogens (tertiary/aromatic N) is 1. The van der Waals surface area contributed by atoms with Gasteiger partial charge in [-0.3, -0.25) is 4.79 Å². The number of carbonyl (C=O) groups excluding carboxylic acids is 1. The molecule has 5 nitrogen and oxygen atoms in total. The molecule has 0 heterocycles. The van der Waals surface area contributed by atoms with Gasteiger partial charge in [0.15, 0.2) is 0 Å². The first-order valence-corrected chi connectivity index (χ1v) is 6.69. The van der Waals surface area contributed by atoms with Crippen LogP contribution in [0.4, 0.5) is 4.79 Å². The van der Waals surface area contributed by atoms with Gasteiger partial charge in [0.2, 0.25) is 0 Å². The number of hydrogen-bond acceptors (Lipinski definition) is 2. The van der Waals surface area contributed by atoms with E-state index in [4.69, 9.17) is 16.7 Å². The lowest BCUT2D eigenvalue weighted by atomic mass is 10.1. The number of urea groups is 1. The fourth-order valence-electron chi connectivity index (χ4n) is 1.77. The van der Waals surface area contributed by atoms with E-state index in [0.717, 1.165) is 5.56 Å². The molecule has 2 N–H and O–H groups in total. The number of halogens is 1. The minimum absolute atomic E-state index is 0.149. The van der Waals surface area contributed by atoms with Crippen LogP contribution in [0.3, 0.4) is 0 Å². The van der Waals surface area contributed by atoms with Crippen molar-refractivity contribution in [3.05, 3.63) is 34.9 Å². The lowest BCUT2D eigenvalue weighted by molar-refractivity contribution is -0.141. The molecule has 0 saturated carbocycles. The Hall–Kier alpha value is -1.75. The number of nitrogens with one attached hydrogen (secondary N) is 1. The number of aliphatic carboxylic acids is 1. The molecule has 0 spiro atoms. The van der Waals surface area contributed by atoms with Crippen LogP contribution < -0.4 is 5.32 Å². The van der Waals surface area contributed by atoms with E-state index < -0.39 is 11.9 Å². The van der Waals surface area contributed by atoms with Gasteiger partial charge in [-0.2, -0.15) is 0 Å². The van der Waals surface area contributed by atoms with Crippen LogP contribution in [0, 0.1) is 5.92 Å². The summed E-state index contributed by atoms with van der Waals surface area (Å²) in [7, 11) is 1.56.